The van der Waals surface area contributed by atoms with Gasteiger partial charge in [-0.15, -0.1) is 0 Å². The van der Waals surface area contributed by atoms with Crippen molar-refractivity contribution >= 4 is 5.97 Å². The Kier molecular flexibility index (Phi) is 3.54. The number of rotatable bonds is 4. The minimum Gasteiger partial charge on any atom is -0.476 e. The van der Waals surface area contributed by atoms with E-state index in [9.17, 15) is 4.79 Å². The largest absolute Gasteiger partial charge is 0.476 e. The quantitative estimate of drug-likeness (QED) is 0.896. The minimum absolute atomic E-state index is 0.212. The summed E-state index contributed by atoms with van der Waals surface area (Å²) in [5.41, 5.74) is 3.51. The van der Waals surface area contributed by atoms with Crippen LogP contribution in [0, 0.1) is 0 Å². The van der Waals surface area contributed by atoms with E-state index in [0.717, 1.165) is 43.4 Å². The molecule has 0 saturated heterocycles. The summed E-state index contributed by atoms with van der Waals surface area (Å²) in [6.45, 7) is 0. The third-order valence-electron chi connectivity index (χ3n) is 4.11. The highest BCUT2D eigenvalue weighted by atomic mass is 16.4. The first kappa shape index (κ1) is 12.9. The van der Waals surface area contributed by atoms with Crippen molar-refractivity contribution < 1.29 is 9.90 Å². The molecule has 0 bridgehead atoms. The average molecular weight is 270 g/mol. The molecule has 1 aliphatic rings. The number of aromatic nitrogens is 2. The van der Waals surface area contributed by atoms with Crippen molar-refractivity contribution in [2.24, 2.45) is 0 Å². The molecule has 4 heteroatoms. The van der Waals surface area contributed by atoms with E-state index in [4.69, 9.17) is 5.11 Å². The minimum atomic E-state index is -0.925. The highest BCUT2D eigenvalue weighted by Gasteiger charge is 2.27. The van der Waals surface area contributed by atoms with Crippen molar-refractivity contribution in [2.75, 3.05) is 0 Å². The fraction of sp³-hybridized carbons (Fsp3) is 0.375. The van der Waals surface area contributed by atoms with E-state index >= 15 is 0 Å². The molecule has 0 radical (unpaired) electrons. The Balaban J connectivity index is 1.75. The summed E-state index contributed by atoms with van der Waals surface area (Å²) >= 11 is 0. The summed E-state index contributed by atoms with van der Waals surface area (Å²) in [5, 5.41) is 16.1. The third-order valence-corrected chi connectivity index (χ3v) is 4.11. The SMILES string of the molecule is O=C(O)c1n[nH]c2c1CCCC2CCc1ccccc1. The van der Waals surface area contributed by atoms with Crippen molar-refractivity contribution in [2.45, 2.75) is 38.0 Å². The van der Waals surface area contributed by atoms with E-state index in [1.165, 1.54) is 5.56 Å². The van der Waals surface area contributed by atoms with Crippen LogP contribution in [0.1, 0.15) is 52.5 Å². The lowest BCUT2D eigenvalue weighted by atomic mass is 9.83. The molecular weight excluding hydrogens is 252 g/mol. The highest BCUT2D eigenvalue weighted by Crippen LogP contribution is 2.34. The van der Waals surface area contributed by atoms with Crippen molar-refractivity contribution in [3.8, 4) is 0 Å². The predicted octanol–water partition coefficient (Wildman–Crippen LogP) is 3.16. The molecule has 104 valence electrons. The first-order valence-corrected chi connectivity index (χ1v) is 7.10. The summed E-state index contributed by atoms with van der Waals surface area (Å²) in [6.07, 6.45) is 5.05. The lowest BCUT2D eigenvalue weighted by molar-refractivity contribution is 0.0689. The van der Waals surface area contributed by atoms with Gasteiger partial charge in [0.15, 0.2) is 5.69 Å². The van der Waals surface area contributed by atoms with Crippen LogP contribution in [-0.2, 0) is 12.8 Å². The van der Waals surface area contributed by atoms with Crippen molar-refractivity contribution in [1.82, 2.24) is 10.2 Å². The van der Waals surface area contributed by atoms with Gasteiger partial charge in [-0.3, -0.25) is 5.10 Å². The zero-order valence-electron chi connectivity index (χ0n) is 11.3. The Hall–Kier alpha value is -2.10. The number of nitrogens with one attached hydrogen (secondary N) is 1. The van der Waals surface area contributed by atoms with E-state index in [0.29, 0.717) is 5.92 Å². The van der Waals surface area contributed by atoms with Crippen molar-refractivity contribution in [3.05, 3.63) is 52.8 Å². The van der Waals surface area contributed by atoms with Gasteiger partial charge < -0.3 is 5.11 Å². The maximum atomic E-state index is 11.1. The van der Waals surface area contributed by atoms with Crippen LogP contribution in [0.5, 0.6) is 0 Å². The molecule has 2 N–H and O–H groups in total. The Morgan fingerprint density at radius 3 is 2.90 bits per heavy atom. The number of aryl methyl sites for hydroxylation is 1. The monoisotopic (exact) mass is 270 g/mol. The van der Waals surface area contributed by atoms with Crippen LogP contribution < -0.4 is 0 Å². The van der Waals surface area contributed by atoms with E-state index in [1.54, 1.807) is 0 Å². The van der Waals surface area contributed by atoms with Gasteiger partial charge in [0.1, 0.15) is 0 Å². The van der Waals surface area contributed by atoms with E-state index in [1.807, 2.05) is 6.07 Å². The Morgan fingerprint density at radius 2 is 2.15 bits per heavy atom. The normalized spacial score (nSPS) is 17.7. The second-order valence-electron chi connectivity index (χ2n) is 5.38. The zero-order chi connectivity index (χ0) is 13.9. The number of aromatic amines is 1. The highest BCUT2D eigenvalue weighted by molar-refractivity contribution is 5.87. The topological polar surface area (TPSA) is 66.0 Å². The Labute approximate surface area is 117 Å². The van der Waals surface area contributed by atoms with Crippen LogP contribution in [0.3, 0.4) is 0 Å². The number of carboxylic acid groups (broad SMARTS) is 1. The van der Waals surface area contributed by atoms with Crippen LogP contribution in [-0.4, -0.2) is 21.3 Å². The van der Waals surface area contributed by atoms with Crippen LogP contribution in [0.4, 0.5) is 0 Å². The molecule has 1 aromatic carbocycles. The summed E-state index contributed by atoms with van der Waals surface area (Å²) in [7, 11) is 0. The number of carbonyl (C=O) groups is 1. The lowest BCUT2D eigenvalue weighted by Gasteiger charge is -2.22. The summed E-state index contributed by atoms with van der Waals surface area (Å²) in [6, 6.07) is 10.4. The van der Waals surface area contributed by atoms with E-state index in [-0.39, 0.29) is 5.69 Å². The average Bonchev–Trinajstić information content (AvgIpc) is 2.91. The molecule has 1 aliphatic carbocycles. The lowest BCUT2D eigenvalue weighted by Crippen LogP contribution is -2.12. The van der Waals surface area contributed by atoms with Crippen LogP contribution in [0.15, 0.2) is 30.3 Å². The molecule has 0 saturated carbocycles. The van der Waals surface area contributed by atoms with Crippen LogP contribution in [0.25, 0.3) is 0 Å². The van der Waals surface area contributed by atoms with Gasteiger partial charge in [-0.05, 0) is 37.7 Å². The summed E-state index contributed by atoms with van der Waals surface area (Å²) in [5.74, 6) is -0.522. The molecule has 0 fully saturated rings. The van der Waals surface area contributed by atoms with Gasteiger partial charge in [0.05, 0.1) is 0 Å². The van der Waals surface area contributed by atoms with Gasteiger partial charge in [0.25, 0.3) is 0 Å². The summed E-state index contributed by atoms with van der Waals surface area (Å²) < 4.78 is 0. The van der Waals surface area contributed by atoms with Crippen LogP contribution >= 0.6 is 0 Å². The van der Waals surface area contributed by atoms with Crippen LogP contribution in [0.2, 0.25) is 0 Å². The van der Waals surface area contributed by atoms with Gasteiger partial charge in [-0.25, -0.2) is 4.79 Å². The first-order chi connectivity index (χ1) is 9.75. The molecule has 1 unspecified atom stereocenters. The first-order valence-electron chi connectivity index (χ1n) is 7.10. The molecular formula is C16H18N2O2. The fourth-order valence-electron chi connectivity index (χ4n) is 3.09. The zero-order valence-corrected chi connectivity index (χ0v) is 11.3. The van der Waals surface area contributed by atoms with Gasteiger partial charge >= 0.3 is 5.97 Å². The number of fused-ring (bicyclic) bond motifs is 1. The maximum absolute atomic E-state index is 11.1. The number of hydrogen-bond acceptors (Lipinski definition) is 2. The molecule has 20 heavy (non-hydrogen) atoms. The number of carboxylic acids is 1. The van der Waals surface area contributed by atoms with Gasteiger partial charge in [-0.2, -0.15) is 5.10 Å². The van der Waals surface area contributed by atoms with E-state index < -0.39 is 5.97 Å². The molecule has 0 aliphatic heterocycles. The molecule has 0 spiro atoms. The molecule has 1 heterocycles. The predicted molar refractivity (Wildman–Crippen MR) is 76.0 cm³/mol. The number of aromatic carboxylic acids is 1. The molecule has 4 nitrogen and oxygen atoms in total. The molecule has 1 aromatic heterocycles. The molecule has 1 atom stereocenters. The van der Waals surface area contributed by atoms with Gasteiger partial charge in [-0.1, -0.05) is 30.3 Å². The van der Waals surface area contributed by atoms with Gasteiger partial charge in [0.2, 0.25) is 0 Å². The molecule has 2 aromatic rings. The smallest absolute Gasteiger partial charge is 0.356 e. The summed E-state index contributed by atoms with van der Waals surface area (Å²) in [4.78, 5) is 11.1. The van der Waals surface area contributed by atoms with Crippen molar-refractivity contribution in [1.29, 1.82) is 0 Å². The number of hydrogen-bond donors (Lipinski definition) is 2. The fourth-order valence-corrected chi connectivity index (χ4v) is 3.09. The molecule has 0 amide bonds. The van der Waals surface area contributed by atoms with E-state index in [2.05, 4.69) is 34.5 Å². The Morgan fingerprint density at radius 1 is 1.35 bits per heavy atom. The third kappa shape index (κ3) is 2.46. The molecule has 3 rings (SSSR count). The maximum Gasteiger partial charge on any atom is 0.356 e. The standard InChI is InChI=1S/C16H18N2O2/c19-16(20)15-13-8-4-7-12(14(13)17-18-15)10-9-11-5-2-1-3-6-11/h1-3,5-6,12H,4,7-10H2,(H,17,18)(H,19,20). The van der Waals surface area contributed by atoms with Crippen molar-refractivity contribution in [3.63, 3.8) is 0 Å². The van der Waals surface area contributed by atoms with Gasteiger partial charge in [0, 0.05) is 17.2 Å². The second-order valence-corrected chi connectivity index (χ2v) is 5.38. The number of nitrogens with zero attached hydrogens (tertiary/aromatic N) is 1. The Bertz CT molecular complexity index is 604. The number of benzene rings is 1. The second kappa shape index (κ2) is 5.49. The number of H-pyrrole nitrogens is 1.